The quantitative estimate of drug-likeness (QED) is 0.188. The lowest BCUT2D eigenvalue weighted by Crippen LogP contribution is -1.99. The molecular weight excluding hydrogens is 637 g/mol. The van der Waals surface area contributed by atoms with E-state index in [-0.39, 0.29) is 0 Å². The Morgan fingerprint density at radius 1 is 0.365 bits per heavy atom. The summed E-state index contributed by atoms with van der Waals surface area (Å²) in [4.78, 5) is 0. The number of hydrogen-bond acceptors (Lipinski definition) is 2. The van der Waals surface area contributed by atoms with Crippen LogP contribution in [0.5, 0.6) is 0 Å². The molecule has 0 aliphatic rings. The van der Waals surface area contributed by atoms with E-state index < -0.39 is 0 Å². The highest BCUT2D eigenvalue weighted by Crippen LogP contribution is 2.45. The maximum absolute atomic E-state index is 6.63. The lowest BCUT2D eigenvalue weighted by atomic mass is 10.00. The predicted molar refractivity (Wildman–Crippen MR) is 215 cm³/mol. The SMILES string of the molecule is c1ccc(-n2c3ccccc3c3ccc4c5ccccc5n(-c5cccc6oc7ccc(-c8cccc9c8oc8ccccc89)cc7c56)c4c32)cc1. The van der Waals surface area contributed by atoms with Gasteiger partial charge in [0.05, 0.1) is 33.1 Å². The smallest absolute Gasteiger partial charge is 0.143 e. The minimum absolute atomic E-state index is 0.854. The zero-order valence-electron chi connectivity index (χ0n) is 27.9. The predicted octanol–water partition coefficient (Wildman–Crippen LogP) is 13.3. The van der Waals surface area contributed by atoms with Crippen molar-refractivity contribution in [3.8, 4) is 22.5 Å². The molecule has 0 unspecified atom stereocenters. The van der Waals surface area contributed by atoms with Gasteiger partial charge in [0.1, 0.15) is 22.3 Å². The third-order valence-electron chi connectivity index (χ3n) is 10.9. The zero-order valence-corrected chi connectivity index (χ0v) is 27.9. The number of nitrogens with zero attached hydrogens (tertiary/aromatic N) is 2. The van der Waals surface area contributed by atoms with Crippen LogP contribution in [0.4, 0.5) is 0 Å². The van der Waals surface area contributed by atoms with Crippen molar-refractivity contribution < 1.29 is 8.83 Å². The van der Waals surface area contributed by atoms with Crippen molar-refractivity contribution in [2.24, 2.45) is 0 Å². The van der Waals surface area contributed by atoms with Gasteiger partial charge in [0.15, 0.2) is 0 Å². The Morgan fingerprint density at radius 2 is 0.981 bits per heavy atom. The summed E-state index contributed by atoms with van der Waals surface area (Å²) in [5.74, 6) is 0. The lowest BCUT2D eigenvalue weighted by Gasteiger charge is -2.13. The molecule has 0 amide bonds. The fourth-order valence-corrected chi connectivity index (χ4v) is 8.73. The number of furan rings is 2. The van der Waals surface area contributed by atoms with Crippen molar-refractivity contribution in [2.45, 2.75) is 0 Å². The molecule has 0 spiro atoms. The fourth-order valence-electron chi connectivity index (χ4n) is 8.73. The van der Waals surface area contributed by atoms with Gasteiger partial charge in [-0.15, -0.1) is 0 Å². The van der Waals surface area contributed by atoms with Crippen molar-refractivity contribution >= 4 is 87.5 Å². The maximum atomic E-state index is 6.63. The van der Waals surface area contributed by atoms with Crippen molar-refractivity contribution in [1.29, 1.82) is 0 Å². The molecule has 12 rings (SSSR count). The maximum Gasteiger partial charge on any atom is 0.143 e. The van der Waals surface area contributed by atoms with Gasteiger partial charge < -0.3 is 18.0 Å². The van der Waals surface area contributed by atoms with Gasteiger partial charge in [0, 0.05) is 49.0 Å². The minimum atomic E-state index is 0.854. The summed E-state index contributed by atoms with van der Waals surface area (Å²) in [6.07, 6.45) is 0. The van der Waals surface area contributed by atoms with E-state index in [4.69, 9.17) is 8.83 Å². The van der Waals surface area contributed by atoms with Gasteiger partial charge in [0.25, 0.3) is 0 Å². The molecule has 12 aromatic rings. The van der Waals surface area contributed by atoms with Crippen LogP contribution < -0.4 is 0 Å². The molecule has 4 nitrogen and oxygen atoms in total. The largest absolute Gasteiger partial charge is 0.456 e. The van der Waals surface area contributed by atoms with Crippen LogP contribution in [0.25, 0.3) is 110 Å². The first kappa shape index (κ1) is 27.7. The molecule has 0 aliphatic carbocycles. The van der Waals surface area contributed by atoms with Crippen LogP contribution in [0.15, 0.2) is 179 Å². The van der Waals surface area contributed by atoms with E-state index in [0.717, 1.165) is 71.9 Å². The monoisotopic (exact) mass is 664 g/mol. The second-order valence-electron chi connectivity index (χ2n) is 13.6. The van der Waals surface area contributed by atoms with E-state index in [1.807, 2.05) is 12.1 Å². The summed E-state index contributed by atoms with van der Waals surface area (Å²) in [5, 5.41) is 9.28. The zero-order chi connectivity index (χ0) is 33.9. The van der Waals surface area contributed by atoms with E-state index in [2.05, 4.69) is 167 Å². The summed E-state index contributed by atoms with van der Waals surface area (Å²) in [5.41, 5.74) is 12.6. The summed E-state index contributed by atoms with van der Waals surface area (Å²) in [6, 6.07) is 60.5. The first-order valence-corrected chi connectivity index (χ1v) is 17.7. The van der Waals surface area contributed by atoms with Crippen LogP contribution in [0.3, 0.4) is 0 Å². The normalized spacial score (nSPS) is 12.2. The second kappa shape index (κ2) is 10.3. The average Bonchev–Trinajstić information content (AvgIpc) is 3.95. The lowest BCUT2D eigenvalue weighted by molar-refractivity contribution is 0.668. The molecule has 0 fully saturated rings. The van der Waals surface area contributed by atoms with Crippen LogP contribution >= 0.6 is 0 Å². The second-order valence-corrected chi connectivity index (χ2v) is 13.6. The number of hydrogen-bond donors (Lipinski definition) is 0. The minimum Gasteiger partial charge on any atom is -0.456 e. The van der Waals surface area contributed by atoms with Crippen LogP contribution in [0.1, 0.15) is 0 Å². The first-order chi connectivity index (χ1) is 25.8. The standard InChI is InChI=1S/C48H28N2O2/c1-2-12-30(13-3-1)49-39-19-7-4-14-32(39)35-25-26-36-33-15-5-8-20-40(33)50(47(36)46(35)49)41-21-11-23-44-45(41)38-28-29(24-27-43(38)51-44)31-17-10-18-37-34-16-6-9-22-42(34)52-48(31)37/h1-28H. The molecule has 0 N–H and O–H groups in total. The molecule has 4 heterocycles. The number of benzene rings is 8. The van der Waals surface area contributed by atoms with Gasteiger partial charge in [-0.2, -0.15) is 0 Å². The molecule has 4 aromatic heterocycles. The van der Waals surface area contributed by atoms with Gasteiger partial charge in [0.2, 0.25) is 0 Å². The molecule has 0 atom stereocenters. The average molecular weight is 665 g/mol. The van der Waals surface area contributed by atoms with Crippen molar-refractivity contribution in [2.75, 3.05) is 0 Å². The van der Waals surface area contributed by atoms with E-state index in [0.29, 0.717) is 0 Å². The van der Waals surface area contributed by atoms with E-state index in [1.165, 1.54) is 38.1 Å². The Bertz CT molecular complexity index is 3410. The van der Waals surface area contributed by atoms with Crippen molar-refractivity contribution in [3.63, 3.8) is 0 Å². The van der Waals surface area contributed by atoms with Gasteiger partial charge >= 0.3 is 0 Å². The highest BCUT2D eigenvalue weighted by atomic mass is 16.3. The number of fused-ring (bicyclic) bond motifs is 13. The number of rotatable bonds is 3. The van der Waals surface area contributed by atoms with E-state index in [9.17, 15) is 0 Å². The van der Waals surface area contributed by atoms with Crippen LogP contribution in [0.2, 0.25) is 0 Å². The molecule has 0 aliphatic heterocycles. The third kappa shape index (κ3) is 3.65. The van der Waals surface area contributed by atoms with E-state index in [1.54, 1.807) is 0 Å². The Kier molecular flexibility index (Phi) is 5.47. The molecule has 0 radical (unpaired) electrons. The summed E-state index contributed by atoms with van der Waals surface area (Å²) < 4.78 is 18.0. The fraction of sp³-hybridized carbons (Fsp3) is 0. The van der Waals surface area contributed by atoms with Gasteiger partial charge in [-0.1, -0.05) is 115 Å². The van der Waals surface area contributed by atoms with Gasteiger partial charge in [-0.25, -0.2) is 0 Å². The van der Waals surface area contributed by atoms with E-state index >= 15 is 0 Å². The van der Waals surface area contributed by atoms with Crippen molar-refractivity contribution in [1.82, 2.24) is 9.13 Å². The molecule has 52 heavy (non-hydrogen) atoms. The summed E-state index contributed by atoms with van der Waals surface area (Å²) in [6.45, 7) is 0. The molecule has 8 aromatic carbocycles. The molecule has 0 bridgehead atoms. The molecule has 4 heteroatoms. The molecular formula is C48H28N2O2. The third-order valence-corrected chi connectivity index (χ3v) is 10.9. The summed E-state index contributed by atoms with van der Waals surface area (Å²) in [7, 11) is 0. The highest BCUT2D eigenvalue weighted by Gasteiger charge is 2.23. The Morgan fingerprint density at radius 3 is 1.79 bits per heavy atom. The van der Waals surface area contributed by atoms with Gasteiger partial charge in [-0.05, 0) is 60.2 Å². The number of aromatic nitrogens is 2. The van der Waals surface area contributed by atoms with Crippen molar-refractivity contribution in [3.05, 3.63) is 170 Å². The first-order valence-electron chi connectivity index (χ1n) is 17.7. The Labute approximate surface area is 296 Å². The topological polar surface area (TPSA) is 36.1 Å². The number of para-hydroxylation sites is 5. The highest BCUT2D eigenvalue weighted by molar-refractivity contribution is 6.25. The van der Waals surface area contributed by atoms with Crippen LogP contribution in [-0.4, -0.2) is 9.13 Å². The molecule has 0 saturated heterocycles. The molecule has 0 saturated carbocycles. The molecule has 242 valence electrons. The summed E-state index contributed by atoms with van der Waals surface area (Å²) >= 11 is 0. The Balaban J connectivity index is 1.22. The van der Waals surface area contributed by atoms with Crippen LogP contribution in [-0.2, 0) is 0 Å². The van der Waals surface area contributed by atoms with Gasteiger partial charge in [-0.3, -0.25) is 0 Å². The van der Waals surface area contributed by atoms with Crippen LogP contribution in [0, 0.1) is 0 Å². The Hall–Kier alpha value is -7.04.